The molecule has 1 aliphatic heterocycles. The predicted octanol–water partition coefficient (Wildman–Crippen LogP) is 1.35. The van der Waals surface area contributed by atoms with Gasteiger partial charge in [0.1, 0.15) is 12.5 Å². The van der Waals surface area contributed by atoms with Gasteiger partial charge in [-0.3, -0.25) is 15.0 Å². The van der Waals surface area contributed by atoms with Crippen LogP contribution in [0.1, 0.15) is 0 Å². The number of ether oxygens (including phenoxy) is 1. The van der Waals surface area contributed by atoms with Crippen LogP contribution < -0.4 is 10.2 Å². The summed E-state index contributed by atoms with van der Waals surface area (Å²) in [4.78, 5) is 13.1. The standard InChI is InChI=1S/C10H10ClFN2O2/c1-13-9-10(15)14(5-16-9)6-2-3-8(12)7(11)4-6/h2-4,9,13H,5H2,1H3. The summed E-state index contributed by atoms with van der Waals surface area (Å²) in [6.45, 7) is 0.131. The fourth-order valence-corrected chi connectivity index (χ4v) is 1.66. The van der Waals surface area contributed by atoms with Gasteiger partial charge in [0, 0.05) is 5.69 Å². The van der Waals surface area contributed by atoms with E-state index in [4.69, 9.17) is 16.3 Å². The van der Waals surface area contributed by atoms with Crippen molar-refractivity contribution >= 4 is 23.2 Å². The van der Waals surface area contributed by atoms with Crippen molar-refractivity contribution in [3.8, 4) is 0 Å². The normalized spacial score (nSPS) is 20.6. The Kier molecular flexibility index (Phi) is 3.09. The summed E-state index contributed by atoms with van der Waals surface area (Å²) in [5, 5.41) is 2.70. The maximum absolute atomic E-state index is 12.9. The van der Waals surface area contributed by atoms with E-state index in [-0.39, 0.29) is 17.7 Å². The highest BCUT2D eigenvalue weighted by Gasteiger charge is 2.32. The molecule has 1 amide bonds. The lowest BCUT2D eigenvalue weighted by Crippen LogP contribution is -2.36. The van der Waals surface area contributed by atoms with Crippen LogP contribution in [-0.4, -0.2) is 25.9 Å². The average Bonchev–Trinajstić information content (AvgIpc) is 2.64. The molecule has 1 saturated heterocycles. The fourth-order valence-electron chi connectivity index (χ4n) is 1.49. The summed E-state index contributed by atoms with van der Waals surface area (Å²) in [6, 6.07) is 4.11. The van der Waals surface area contributed by atoms with Gasteiger partial charge in [0.15, 0.2) is 6.23 Å². The topological polar surface area (TPSA) is 41.6 Å². The Hall–Kier alpha value is -1.17. The first-order chi connectivity index (χ1) is 7.63. The molecule has 0 aromatic heterocycles. The molecule has 2 rings (SSSR count). The van der Waals surface area contributed by atoms with Crippen molar-refractivity contribution in [1.29, 1.82) is 0 Å². The molecule has 1 unspecified atom stereocenters. The Bertz CT molecular complexity index is 427. The molecule has 0 saturated carbocycles. The second kappa shape index (κ2) is 4.37. The van der Waals surface area contributed by atoms with Crippen LogP contribution in [0.5, 0.6) is 0 Å². The molecule has 4 nitrogen and oxygen atoms in total. The molecule has 1 N–H and O–H groups in total. The zero-order valence-electron chi connectivity index (χ0n) is 8.54. The Morgan fingerprint density at radius 3 is 2.94 bits per heavy atom. The van der Waals surface area contributed by atoms with E-state index >= 15 is 0 Å². The third kappa shape index (κ3) is 1.89. The zero-order chi connectivity index (χ0) is 11.7. The van der Waals surface area contributed by atoms with Crippen molar-refractivity contribution in [3.63, 3.8) is 0 Å². The van der Waals surface area contributed by atoms with E-state index in [0.29, 0.717) is 5.69 Å². The fraction of sp³-hybridized carbons (Fsp3) is 0.300. The van der Waals surface area contributed by atoms with Gasteiger partial charge in [-0.2, -0.15) is 0 Å². The van der Waals surface area contributed by atoms with Gasteiger partial charge in [-0.15, -0.1) is 0 Å². The van der Waals surface area contributed by atoms with Crippen molar-refractivity contribution in [2.45, 2.75) is 6.23 Å². The van der Waals surface area contributed by atoms with Gasteiger partial charge in [0.05, 0.1) is 5.02 Å². The summed E-state index contributed by atoms with van der Waals surface area (Å²) in [6.07, 6.45) is -0.649. The number of anilines is 1. The SMILES string of the molecule is CNC1OCN(c2ccc(F)c(Cl)c2)C1=O. The Morgan fingerprint density at radius 2 is 2.38 bits per heavy atom. The summed E-state index contributed by atoms with van der Waals surface area (Å²) < 4.78 is 18.1. The number of benzene rings is 1. The van der Waals surface area contributed by atoms with Crippen LogP contribution in [0.4, 0.5) is 10.1 Å². The molecule has 1 aliphatic rings. The monoisotopic (exact) mass is 244 g/mol. The lowest BCUT2D eigenvalue weighted by Gasteiger charge is -2.14. The summed E-state index contributed by atoms with van der Waals surface area (Å²) in [7, 11) is 1.63. The van der Waals surface area contributed by atoms with Gasteiger partial charge >= 0.3 is 0 Å². The van der Waals surface area contributed by atoms with Crippen molar-refractivity contribution in [2.24, 2.45) is 0 Å². The van der Waals surface area contributed by atoms with E-state index in [0.717, 1.165) is 0 Å². The minimum Gasteiger partial charge on any atom is -0.333 e. The molecule has 0 radical (unpaired) electrons. The summed E-state index contributed by atoms with van der Waals surface area (Å²) in [5.41, 5.74) is 0.522. The first-order valence-electron chi connectivity index (χ1n) is 4.69. The van der Waals surface area contributed by atoms with Gasteiger partial charge < -0.3 is 4.74 Å². The first-order valence-corrected chi connectivity index (χ1v) is 5.06. The molecular weight excluding hydrogens is 235 g/mol. The number of hydrogen-bond donors (Lipinski definition) is 1. The molecule has 1 fully saturated rings. The molecule has 6 heteroatoms. The number of carbonyl (C=O) groups is 1. The van der Waals surface area contributed by atoms with Crippen LogP contribution in [0.3, 0.4) is 0 Å². The molecule has 0 bridgehead atoms. The quantitative estimate of drug-likeness (QED) is 0.854. The first kappa shape index (κ1) is 11.3. The molecule has 1 aromatic carbocycles. The van der Waals surface area contributed by atoms with E-state index in [2.05, 4.69) is 5.32 Å². The highest BCUT2D eigenvalue weighted by atomic mass is 35.5. The number of nitrogens with one attached hydrogen (secondary N) is 1. The molecule has 86 valence electrons. The lowest BCUT2D eigenvalue weighted by molar-refractivity contribution is -0.123. The molecule has 0 aliphatic carbocycles. The molecule has 0 spiro atoms. The van der Waals surface area contributed by atoms with Crippen LogP contribution in [0.2, 0.25) is 5.02 Å². The maximum atomic E-state index is 12.9. The third-order valence-corrected chi connectivity index (χ3v) is 2.63. The number of rotatable bonds is 2. The lowest BCUT2D eigenvalue weighted by atomic mass is 10.3. The van der Waals surface area contributed by atoms with E-state index in [1.54, 1.807) is 7.05 Å². The van der Waals surface area contributed by atoms with Crippen molar-refractivity contribution in [3.05, 3.63) is 29.0 Å². The number of nitrogens with zero attached hydrogens (tertiary/aromatic N) is 1. The highest BCUT2D eigenvalue weighted by Crippen LogP contribution is 2.25. The zero-order valence-corrected chi connectivity index (χ0v) is 9.29. The van der Waals surface area contributed by atoms with Crippen LogP contribution >= 0.6 is 11.6 Å². The van der Waals surface area contributed by atoms with Crippen molar-refractivity contribution in [1.82, 2.24) is 5.32 Å². The highest BCUT2D eigenvalue weighted by molar-refractivity contribution is 6.31. The van der Waals surface area contributed by atoms with E-state index in [1.807, 2.05) is 0 Å². The molecule has 1 aromatic rings. The average molecular weight is 245 g/mol. The second-order valence-corrected chi connectivity index (χ2v) is 3.74. The maximum Gasteiger partial charge on any atom is 0.273 e. The third-order valence-electron chi connectivity index (χ3n) is 2.34. The molecule has 1 heterocycles. The van der Waals surface area contributed by atoms with Crippen LogP contribution in [-0.2, 0) is 9.53 Å². The van der Waals surface area contributed by atoms with Crippen molar-refractivity contribution < 1.29 is 13.9 Å². The summed E-state index contributed by atoms with van der Waals surface area (Å²) in [5.74, 6) is -0.728. The van der Waals surface area contributed by atoms with Crippen molar-refractivity contribution in [2.75, 3.05) is 18.7 Å². The number of halogens is 2. The number of likely N-dealkylation sites (N-methyl/N-ethyl adjacent to an activating group) is 1. The van der Waals surface area contributed by atoms with E-state index in [1.165, 1.54) is 23.1 Å². The molecular formula is C10H10ClFN2O2. The van der Waals surface area contributed by atoms with Gasteiger partial charge in [-0.05, 0) is 25.2 Å². The number of amides is 1. The van der Waals surface area contributed by atoms with Gasteiger partial charge in [-0.25, -0.2) is 4.39 Å². The van der Waals surface area contributed by atoms with E-state index < -0.39 is 12.0 Å². The predicted molar refractivity (Wildman–Crippen MR) is 57.7 cm³/mol. The van der Waals surface area contributed by atoms with Crippen LogP contribution in [0.15, 0.2) is 18.2 Å². The smallest absolute Gasteiger partial charge is 0.273 e. The van der Waals surface area contributed by atoms with Gasteiger partial charge in [0.2, 0.25) is 0 Å². The summed E-state index contributed by atoms with van der Waals surface area (Å²) >= 11 is 5.64. The van der Waals surface area contributed by atoms with Crippen LogP contribution in [0.25, 0.3) is 0 Å². The van der Waals surface area contributed by atoms with E-state index in [9.17, 15) is 9.18 Å². The minimum atomic E-state index is -0.649. The number of hydrogen-bond acceptors (Lipinski definition) is 3. The van der Waals surface area contributed by atoms with Crippen LogP contribution in [0, 0.1) is 5.82 Å². The Morgan fingerprint density at radius 1 is 1.62 bits per heavy atom. The van der Waals surface area contributed by atoms with Gasteiger partial charge in [0.25, 0.3) is 5.91 Å². The second-order valence-electron chi connectivity index (χ2n) is 3.33. The Balaban J connectivity index is 2.25. The van der Waals surface area contributed by atoms with Gasteiger partial charge in [-0.1, -0.05) is 11.6 Å². The molecule has 16 heavy (non-hydrogen) atoms. The minimum absolute atomic E-state index is 0.0155. The largest absolute Gasteiger partial charge is 0.333 e. The Labute approximate surface area is 96.9 Å². The molecule has 1 atom stereocenters. The number of carbonyl (C=O) groups excluding carboxylic acids is 1.